The van der Waals surface area contributed by atoms with Crippen LogP contribution in [-0.4, -0.2) is 10.9 Å². The van der Waals surface area contributed by atoms with Crippen molar-refractivity contribution in [2.45, 2.75) is 19.9 Å². The van der Waals surface area contributed by atoms with Gasteiger partial charge in [-0.15, -0.1) is 0 Å². The van der Waals surface area contributed by atoms with Crippen LogP contribution in [0.4, 0.5) is 5.69 Å². The number of fused-ring (bicyclic) bond motifs is 2. The molecule has 0 bridgehead atoms. The molecule has 0 unspecified atom stereocenters. The van der Waals surface area contributed by atoms with Gasteiger partial charge in [0.2, 0.25) is 5.56 Å². The summed E-state index contributed by atoms with van der Waals surface area (Å²) in [5.74, 6) is 0.0212. The zero-order valence-corrected chi connectivity index (χ0v) is 12.8. The zero-order valence-electron chi connectivity index (χ0n) is 12.8. The number of anilines is 1. The predicted molar refractivity (Wildman–Crippen MR) is 90.9 cm³/mol. The molecule has 0 saturated heterocycles. The van der Waals surface area contributed by atoms with Crippen LogP contribution < -0.4 is 10.5 Å². The predicted octanol–water partition coefficient (Wildman–Crippen LogP) is 3.25. The summed E-state index contributed by atoms with van der Waals surface area (Å²) < 4.78 is 0. The molecule has 23 heavy (non-hydrogen) atoms. The maximum Gasteiger partial charge on any atom is 0.258 e. The molecule has 1 aliphatic rings. The molecule has 0 radical (unpaired) electrons. The van der Waals surface area contributed by atoms with Crippen LogP contribution in [0.1, 0.15) is 28.4 Å². The van der Waals surface area contributed by atoms with Gasteiger partial charge in [0, 0.05) is 17.3 Å². The first kappa shape index (κ1) is 13.8. The first-order valence-corrected chi connectivity index (χ1v) is 7.72. The van der Waals surface area contributed by atoms with Crippen LogP contribution in [0.15, 0.2) is 53.3 Å². The summed E-state index contributed by atoms with van der Waals surface area (Å²) in [6, 6.07) is 15.1. The lowest BCUT2D eigenvalue weighted by atomic mass is 10.0. The largest absolute Gasteiger partial charge is 0.322 e. The smallest absolute Gasteiger partial charge is 0.258 e. The first-order chi connectivity index (χ1) is 11.2. The number of carbonyl (C=O) groups is 1. The van der Waals surface area contributed by atoms with Gasteiger partial charge < -0.3 is 9.88 Å². The Kier molecular flexibility index (Phi) is 3.05. The first-order valence-electron chi connectivity index (χ1n) is 7.72. The van der Waals surface area contributed by atoms with E-state index in [0.29, 0.717) is 6.54 Å². The van der Waals surface area contributed by atoms with Gasteiger partial charge >= 0.3 is 0 Å². The minimum atomic E-state index is -0.140. The van der Waals surface area contributed by atoms with E-state index in [4.69, 9.17) is 0 Å². The molecule has 4 heteroatoms. The highest BCUT2D eigenvalue weighted by molar-refractivity contribution is 6.10. The second kappa shape index (κ2) is 5.09. The van der Waals surface area contributed by atoms with Crippen molar-refractivity contribution in [3.8, 4) is 0 Å². The quantitative estimate of drug-likeness (QED) is 0.790. The van der Waals surface area contributed by atoms with Gasteiger partial charge in [-0.3, -0.25) is 9.59 Å². The van der Waals surface area contributed by atoms with Crippen molar-refractivity contribution < 1.29 is 4.79 Å². The lowest BCUT2D eigenvalue weighted by molar-refractivity contribution is 0.0996. The Bertz CT molecular complexity index is 988. The van der Waals surface area contributed by atoms with Gasteiger partial charge in [-0.1, -0.05) is 25.1 Å². The number of hydrogen-bond acceptors (Lipinski definition) is 2. The molecule has 4 nitrogen and oxygen atoms in total. The third-order valence-corrected chi connectivity index (χ3v) is 4.41. The summed E-state index contributed by atoms with van der Waals surface area (Å²) >= 11 is 0. The van der Waals surface area contributed by atoms with Gasteiger partial charge in [-0.25, -0.2) is 0 Å². The van der Waals surface area contributed by atoms with E-state index in [2.05, 4.69) is 18.0 Å². The van der Waals surface area contributed by atoms with E-state index in [1.54, 1.807) is 11.0 Å². The summed E-state index contributed by atoms with van der Waals surface area (Å²) in [5, 5.41) is 0.950. The number of benzene rings is 2. The molecule has 114 valence electrons. The van der Waals surface area contributed by atoms with Gasteiger partial charge in [-0.2, -0.15) is 0 Å². The number of nitrogens with one attached hydrogen (secondary N) is 1. The second-order valence-electron chi connectivity index (χ2n) is 5.83. The maximum absolute atomic E-state index is 12.7. The second-order valence-corrected chi connectivity index (χ2v) is 5.83. The highest BCUT2D eigenvalue weighted by Gasteiger charge is 2.28. The number of amides is 1. The lowest BCUT2D eigenvalue weighted by Gasteiger charge is -2.16. The van der Waals surface area contributed by atoms with E-state index in [-0.39, 0.29) is 11.5 Å². The monoisotopic (exact) mass is 304 g/mol. The van der Waals surface area contributed by atoms with Crippen molar-refractivity contribution in [1.82, 2.24) is 4.98 Å². The fourth-order valence-electron chi connectivity index (χ4n) is 3.08. The molecule has 2 aromatic carbocycles. The topological polar surface area (TPSA) is 53.2 Å². The number of rotatable bonds is 2. The Balaban J connectivity index is 1.77. The summed E-state index contributed by atoms with van der Waals surface area (Å²) in [6.45, 7) is 2.65. The van der Waals surface area contributed by atoms with Gasteiger partial charge in [-0.05, 0) is 47.2 Å². The molecule has 0 saturated carbocycles. The number of aromatic amines is 1. The standard InChI is InChI=1S/C19H16N2O2/c1-2-12-3-4-14-11-21(19(23)16(14)9-12)15-7-5-13-6-8-18(22)20-17(13)10-15/h3-10H,2,11H2,1H3,(H,20,22). The van der Waals surface area contributed by atoms with E-state index >= 15 is 0 Å². The summed E-state index contributed by atoms with van der Waals surface area (Å²) in [4.78, 5) is 28.8. The maximum atomic E-state index is 12.7. The number of hydrogen-bond donors (Lipinski definition) is 1. The number of carbonyl (C=O) groups excluding carboxylic acids is 1. The summed E-state index contributed by atoms with van der Waals surface area (Å²) in [5.41, 5.74) is 4.41. The SMILES string of the molecule is CCc1ccc2c(c1)C(=O)N(c1ccc3ccc(=O)[nH]c3c1)C2. The molecule has 1 amide bonds. The molecule has 0 aliphatic carbocycles. The molecule has 0 atom stereocenters. The summed E-state index contributed by atoms with van der Waals surface area (Å²) in [7, 11) is 0. The van der Waals surface area contributed by atoms with Gasteiger partial charge in [0.05, 0.1) is 12.1 Å². The number of aryl methyl sites for hydroxylation is 1. The van der Waals surface area contributed by atoms with Crippen molar-refractivity contribution in [3.05, 3.63) is 75.6 Å². The van der Waals surface area contributed by atoms with Crippen molar-refractivity contribution in [2.75, 3.05) is 4.90 Å². The van der Waals surface area contributed by atoms with Crippen molar-refractivity contribution in [2.24, 2.45) is 0 Å². The number of nitrogens with zero attached hydrogens (tertiary/aromatic N) is 1. The fourth-order valence-corrected chi connectivity index (χ4v) is 3.08. The molecule has 3 aromatic rings. The van der Waals surface area contributed by atoms with Crippen LogP contribution in [0.3, 0.4) is 0 Å². The lowest BCUT2D eigenvalue weighted by Crippen LogP contribution is -2.23. The Morgan fingerprint density at radius 1 is 1.04 bits per heavy atom. The minimum Gasteiger partial charge on any atom is -0.322 e. The third-order valence-electron chi connectivity index (χ3n) is 4.41. The van der Waals surface area contributed by atoms with Crippen molar-refractivity contribution in [3.63, 3.8) is 0 Å². The van der Waals surface area contributed by atoms with Gasteiger partial charge in [0.1, 0.15) is 0 Å². The molecular formula is C19H16N2O2. The average molecular weight is 304 g/mol. The average Bonchev–Trinajstić information content (AvgIpc) is 2.90. The van der Waals surface area contributed by atoms with E-state index in [1.165, 1.54) is 11.6 Å². The number of aromatic nitrogens is 1. The van der Waals surface area contributed by atoms with Crippen LogP contribution in [-0.2, 0) is 13.0 Å². The van der Waals surface area contributed by atoms with Crippen LogP contribution in [0, 0.1) is 0 Å². The number of H-pyrrole nitrogens is 1. The van der Waals surface area contributed by atoms with Gasteiger partial charge in [0.25, 0.3) is 5.91 Å². The molecule has 2 heterocycles. The molecule has 0 spiro atoms. The molecule has 0 fully saturated rings. The Morgan fingerprint density at radius 2 is 1.87 bits per heavy atom. The highest BCUT2D eigenvalue weighted by atomic mass is 16.2. The van der Waals surface area contributed by atoms with Crippen LogP contribution >= 0.6 is 0 Å². The Labute approximate surface area is 133 Å². The van der Waals surface area contributed by atoms with Crippen LogP contribution in [0.25, 0.3) is 10.9 Å². The van der Waals surface area contributed by atoms with E-state index in [9.17, 15) is 9.59 Å². The van der Waals surface area contributed by atoms with Crippen molar-refractivity contribution in [1.29, 1.82) is 0 Å². The molecule has 1 aliphatic heterocycles. The summed E-state index contributed by atoms with van der Waals surface area (Å²) in [6.07, 6.45) is 0.914. The minimum absolute atomic E-state index is 0.0212. The highest BCUT2D eigenvalue weighted by Crippen LogP contribution is 2.30. The van der Waals surface area contributed by atoms with Crippen LogP contribution in [0.5, 0.6) is 0 Å². The zero-order chi connectivity index (χ0) is 16.0. The Hall–Kier alpha value is -2.88. The molecular weight excluding hydrogens is 288 g/mol. The molecule has 1 aromatic heterocycles. The third kappa shape index (κ3) is 2.23. The van der Waals surface area contributed by atoms with Crippen LogP contribution in [0.2, 0.25) is 0 Å². The van der Waals surface area contributed by atoms with Crippen molar-refractivity contribution >= 4 is 22.5 Å². The van der Waals surface area contributed by atoms with E-state index < -0.39 is 0 Å². The van der Waals surface area contributed by atoms with Gasteiger partial charge in [0.15, 0.2) is 0 Å². The Morgan fingerprint density at radius 3 is 2.70 bits per heavy atom. The molecule has 1 N–H and O–H groups in total. The van der Waals surface area contributed by atoms with E-state index in [1.807, 2.05) is 30.3 Å². The number of pyridine rings is 1. The molecule has 4 rings (SSSR count). The normalized spacial score (nSPS) is 13.6. The van der Waals surface area contributed by atoms with E-state index in [0.717, 1.165) is 34.1 Å². The fraction of sp³-hybridized carbons (Fsp3) is 0.158.